The lowest BCUT2D eigenvalue weighted by Gasteiger charge is -2.19. The topological polar surface area (TPSA) is 49.4 Å². The number of halogens is 1. The van der Waals surface area contributed by atoms with E-state index < -0.39 is 10.0 Å². The molecule has 1 atom stereocenters. The largest absolute Gasteiger partial charge is 0.298 e. The van der Waals surface area contributed by atoms with Crippen LogP contribution in [0, 0.1) is 13.8 Å². The minimum Gasteiger partial charge on any atom is -0.298 e. The zero-order valence-corrected chi connectivity index (χ0v) is 14.4. The highest BCUT2D eigenvalue weighted by atomic mass is 35.5. The maximum atomic E-state index is 12.1. The summed E-state index contributed by atoms with van der Waals surface area (Å²) in [5, 5.41) is 0.452. The number of aryl methyl sites for hydroxylation is 2. The Morgan fingerprint density at radius 3 is 2.52 bits per heavy atom. The van der Waals surface area contributed by atoms with E-state index in [1.165, 1.54) is 5.56 Å². The van der Waals surface area contributed by atoms with Crippen LogP contribution in [0.1, 0.15) is 30.0 Å². The van der Waals surface area contributed by atoms with E-state index in [4.69, 9.17) is 11.6 Å². The molecular weight excluding hydrogens is 308 g/mol. The molecular formula is C15H23ClN2O2S. The summed E-state index contributed by atoms with van der Waals surface area (Å²) in [7, 11) is -3.18. The van der Waals surface area contributed by atoms with Crippen LogP contribution in [0.5, 0.6) is 0 Å². The first-order chi connectivity index (χ1) is 9.83. The van der Waals surface area contributed by atoms with Gasteiger partial charge in [0.1, 0.15) is 0 Å². The van der Waals surface area contributed by atoms with Crippen LogP contribution in [-0.2, 0) is 16.6 Å². The average Bonchev–Trinajstić information content (AvgIpc) is 2.83. The van der Waals surface area contributed by atoms with E-state index in [0.29, 0.717) is 19.5 Å². The molecule has 1 aliphatic rings. The Morgan fingerprint density at radius 1 is 1.33 bits per heavy atom. The molecule has 1 aromatic rings. The van der Waals surface area contributed by atoms with Crippen LogP contribution in [0.4, 0.5) is 0 Å². The summed E-state index contributed by atoms with van der Waals surface area (Å²) in [5.74, 6) is 0. The number of nitrogens with one attached hydrogen (secondary N) is 1. The van der Waals surface area contributed by atoms with Crippen LogP contribution < -0.4 is 4.72 Å². The highest BCUT2D eigenvalue weighted by molar-refractivity contribution is 7.90. The molecule has 1 unspecified atom stereocenters. The van der Waals surface area contributed by atoms with Crippen molar-refractivity contribution in [2.45, 2.75) is 39.0 Å². The van der Waals surface area contributed by atoms with Crippen LogP contribution in [0.25, 0.3) is 0 Å². The first-order valence-corrected chi connectivity index (χ1v) is 9.22. The fourth-order valence-electron chi connectivity index (χ4n) is 2.93. The number of hydrogen-bond acceptors (Lipinski definition) is 3. The number of benzene rings is 1. The standard InChI is InChI=1S/C15H23ClN2O2S/c1-4-17-21(19,20)14-5-6-18(9-14)10-15-11(2)7-13(16)8-12(15)3/h7-8,14,17H,4-6,9-10H2,1-3H3. The smallest absolute Gasteiger partial charge is 0.215 e. The van der Waals surface area contributed by atoms with Crippen LogP contribution in [0.15, 0.2) is 12.1 Å². The molecule has 1 saturated heterocycles. The SMILES string of the molecule is CCNS(=O)(=O)C1CCN(Cc2c(C)cc(Cl)cc2C)C1. The second kappa shape index (κ2) is 6.65. The molecule has 6 heteroatoms. The van der Waals surface area contributed by atoms with Gasteiger partial charge in [0.05, 0.1) is 5.25 Å². The van der Waals surface area contributed by atoms with Crippen molar-refractivity contribution < 1.29 is 8.42 Å². The van der Waals surface area contributed by atoms with Gasteiger partial charge in [0.2, 0.25) is 10.0 Å². The molecule has 1 heterocycles. The van der Waals surface area contributed by atoms with E-state index in [1.54, 1.807) is 0 Å². The fraction of sp³-hybridized carbons (Fsp3) is 0.600. The summed E-state index contributed by atoms with van der Waals surface area (Å²) >= 11 is 6.06. The van der Waals surface area contributed by atoms with Gasteiger partial charge in [0, 0.05) is 24.7 Å². The van der Waals surface area contributed by atoms with E-state index >= 15 is 0 Å². The molecule has 0 spiro atoms. The second-order valence-electron chi connectivity index (χ2n) is 5.71. The van der Waals surface area contributed by atoms with Gasteiger partial charge in [0.15, 0.2) is 0 Å². The Hall–Kier alpha value is -0.620. The molecule has 1 aromatic carbocycles. The predicted molar refractivity (Wildman–Crippen MR) is 87.2 cm³/mol. The normalized spacial score (nSPS) is 20.1. The highest BCUT2D eigenvalue weighted by Crippen LogP contribution is 2.24. The van der Waals surface area contributed by atoms with Gasteiger partial charge < -0.3 is 0 Å². The molecule has 0 aromatic heterocycles. The molecule has 2 rings (SSSR count). The predicted octanol–water partition coefficient (Wildman–Crippen LogP) is 2.47. The van der Waals surface area contributed by atoms with Gasteiger partial charge in [-0.1, -0.05) is 18.5 Å². The Balaban J connectivity index is 2.07. The summed E-state index contributed by atoms with van der Waals surface area (Å²) in [5.41, 5.74) is 3.58. The van der Waals surface area contributed by atoms with Crippen molar-refractivity contribution in [2.24, 2.45) is 0 Å². The Bertz CT molecular complexity index is 593. The Labute approximate surface area is 132 Å². The highest BCUT2D eigenvalue weighted by Gasteiger charge is 2.32. The van der Waals surface area contributed by atoms with Gasteiger partial charge in [-0.15, -0.1) is 0 Å². The quantitative estimate of drug-likeness (QED) is 0.902. The van der Waals surface area contributed by atoms with Gasteiger partial charge >= 0.3 is 0 Å². The van der Waals surface area contributed by atoms with E-state index in [9.17, 15) is 8.42 Å². The van der Waals surface area contributed by atoms with Crippen LogP contribution in [0.3, 0.4) is 0 Å². The lowest BCUT2D eigenvalue weighted by molar-refractivity contribution is 0.330. The van der Waals surface area contributed by atoms with Crippen molar-refractivity contribution in [1.29, 1.82) is 0 Å². The van der Waals surface area contributed by atoms with Crippen molar-refractivity contribution >= 4 is 21.6 Å². The fourth-order valence-corrected chi connectivity index (χ4v) is 4.71. The molecule has 0 aliphatic carbocycles. The summed E-state index contributed by atoms with van der Waals surface area (Å²) in [4.78, 5) is 2.21. The molecule has 0 radical (unpaired) electrons. The number of rotatable bonds is 5. The average molecular weight is 331 g/mol. The van der Waals surface area contributed by atoms with Crippen LogP contribution >= 0.6 is 11.6 Å². The van der Waals surface area contributed by atoms with Gasteiger partial charge in [-0.2, -0.15) is 0 Å². The van der Waals surface area contributed by atoms with Crippen molar-refractivity contribution in [3.8, 4) is 0 Å². The Kier molecular flexibility index (Phi) is 5.30. The number of nitrogens with zero attached hydrogens (tertiary/aromatic N) is 1. The first kappa shape index (κ1) is 16.7. The maximum absolute atomic E-state index is 12.1. The van der Waals surface area contributed by atoms with E-state index in [1.807, 2.05) is 19.1 Å². The van der Waals surface area contributed by atoms with Gasteiger partial charge in [-0.05, 0) is 55.6 Å². The third-order valence-electron chi connectivity index (χ3n) is 4.06. The molecule has 1 fully saturated rings. The molecule has 4 nitrogen and oxygen atoms in total. The minimum absolute atomic E-state index is 0.301. The van der Waals surface area contributed by atoms with Crippen molar-refractivity contribution in [3.63, 3.8) is 0 Å². The van der Waals surface area contributed by atoms with E-state index in [2.05, 4.69) is 23.5 Å². The number of sulfonamides is 1. The van der Waals surface area contributed by atoms with Crippen molar-refractivity contribution in [3.05, 3.63) is 33.8 Å². The summed E-state index contributed by atoms with van der Waals surface area (Å²) < 4.78 is 26.7. The van der Waals surface area contributed by atoms with Crippen LogP contribution in [0.2, 0.25) is 5.02 Å². The minimum atomic E-state index is -3.18. The molecule has 0 bridgehead atoms. The molecule has 118 valence electrons. The second-order valence-corrected chi connectivity index (χ2v) is 8.19. The molecule has 0 amide bonds. The van der Waals surface area contributed by atoms with Gasteiger partial charge in [-0.3, -0.25) is 4.90 Å². The summed E-state index contributed by atoms with van der Waals surface area (Å²) in [6.07, 6.45) is 0.695. The molecule has 1 aliphatic heterocycles. The maximum Gasteiger partial charge on any atom is 0.215 e. The molecule has 21 heavy (non-hydrogen) atoms. The van der Waals surface area contributed by atoms with Crippen molar-refractivity contribution in [1.82, 2.24) is 9.62 Å². The number of hydrogen-bond donors (Lipinski definition) is 1. The Morgan fingerprint density at radius 2 is 1.95 bits per heavy atom. The first-order valence-electron chi connectivity index (χ1n) is 7.30. The zero-order valence-electron chi connectivity index (χ0n) is 12.8. The summed E-state index contributed by atoms with van der Waals surface area (Å²) in [6.45, 7) is 8.56. The summed E-state index contributed by atoms with van der Waals surface area (Å²) in [6, 6.07) is 3.93. The number of likely N-dealkylation sites (tertiary alicyclic amines) is 1. The molecule has 0 saturated carbocycles. The van der Waals surface area contributed by atoms with Gasteiger partial charge in [-0.25, -0.2) is 13.1 Å². The monoisotopic (exact) mass is 330 g/mol. The van der Waals surface area contributed by atoms with E-state index in [-0.39, 0.29) is 5.25 Å². The van der Waals surface area contributed by atoms with E-state index in [0.717, 1.165) is 29.2 Å². The molecule has 1 N–H and O–H groups in total. The lowest BCUT2D eigenvalue weighted by Crippen LogP contribution is -2.36. The van der Waals surface area contributed by atoms with Crippen LogP contribution in [-0.4, -0.2) is 38.2 Å². The van der Waals surface area contributed by atoms with Gasteiger partial charge in [0.25, 0.3) is 0 Å². The van der Waals surface area contributed by atoms with Crippen molar-refractivity contribution in [2.75, 3.05) is 19.6 Å². The third kappa shape index (κ3) is 3.97. The lowest BCUT2D eigenvalue weighted by atomic mass is 10.0. The third-order valence-corrected chi connectivity index (χ3v) is 6.23. The zero-order chi connectivity index (χ0) is 15.6.